The summed E-state index contributed by atoms with van der Waals surface area (Å²) in [7, 11) is 0. The number of halogens is 1. The molecule has 18 unspecified atom stereocenters. The molecular weight excluding hydrogens is 836 g/mol. The summed E-state index contributed by atoms with van der Waals surface area (Å²) in [6, 6.07) is 0. The standard InChI is InChI=1S/C59H103I/c1-8-12-13-21-41-22-14-15-26-49(41)45-31-30-40(5)56(39-45)59(6,7)46-25-18-24-44(38-46)50-34-35-54(51(20-9-2)47(50)10-3)48(11-4)52-27-16-17-28-53(52)55-29-19-23-42-32-33-43-36-37-60-58(43)57(42)55/h37,40-58H,8-36,38-39H2,1-7H3/t40-,41?,42?,43?,44?,45?,46?,47?,48?,49?,50?,51?,52?,53?,54?,55?,56?,57?,58?/m1/s1. The number of alkyl halides is 1. The molecule has 19 atom stereocenters. The van der Waals surface area contributed by atoms with Crippen molar-refractivity contribution in [1.29, 1.82) is 0 Å². The maximum Gasteiger partial charge on any atom is 0.0124 e. The highest BCUT2D eigenvalue weighted by Crippen LogP contribution is 2.61. The molecule has 8 rings (SSSR count). The summed E-state index contributed by atoms with van der Waals surface area (Å²) in [6.45, 7) is 18.7. The molecule has 0 amide bonds. The van der Waals surface area contributed by atoms with E-state index in [-0.39, 0.29) is 0 Å². The fraction of sp³-hybridized carbons (Fsp3) is 0.983. The van der Waals surface area contributed by atoms with E-state index >= 15 is 0 Å². The summed E-state index contributed by atoms with van der Waals surface area (Å²) < 4.78 is 4.04. The molecule has 60 heavy (non-hydrogen) atoms. The molecule has 7 saturated carbocycles. The third-order valence-electron chi connectivity index (χ3n) is 22.4. The number of hydrogen-bond donors (Lipinski definition) is 0. The molecule has 8 aliphatic rings. The van der Waals surface area contributed by atoms with Crippen LogP contribution >= 0.6 is 20.7 Å². The first-order chi connectivity index (χ1) is 29.3. The average Bonchev–Trinajstić information content (AvgIpc) is 3.77. The Morgan fingerprint density at radius 2 is 1.28 bits per heavy atom. The topological polar surface area (TPSA) is 0 Å². The van der Waals surface area contributed by atoms with E-state index in [1.54, 1.807) is 116 Å². The highest BCUT2D eigenvalue weighted by molar-refractivity contribution is 14.2. The SMILES string of the molecule is CCCCCC1CCCCC1C1CC[C@@H](C)C(C(C)(C)C2CCCC(C3CCC(C(CC)C4CCCCC4C4CCCC5CCC6CC=IC6C54)C(CCC)C3CC)C2)C1. The van der Waals surface area contributed by atoms with Gasteiger partial charge in [0.15, 0.2) is 0 Å². The molecule has 0 N–H and O–H groups in total. The summed E-state index contributed by atoms with van der Waals surface area (Å²) in [4.78, 5) is 0. The Morgan fingerprint density at radius 1 is 0.567 bits per heavy atom. The Labute approximate surface area is 385 Å². The van der Waals surface area contributed by atoms with Crippen molar-refractivity contribution in [2.24, 2.45) is 112 Å². The van der Waals surface area contributed by atoms with Crippen molar-refractivity contribution in [3.05, 3.63) is 0 Å². The van der Waals surface area contributed by atoms with Crippen molar-refractivity contribution in [1.82, 2.24) is 0 Å². The van der Waals surface area contributed by atoms with Gasteiger partial charge in [-0.3, -0.25) is 0 Å². The Balaban J connectivity index is 0.960. The Hall–Kier alpha value is 0.600. The fourth-order valence-corrected chi connectivity index (χ4v) is 24.0. The summed E-state index contributed by atoms with van der Waals surface area (Å²) in [6.07, 6.45) is 47.9. The van der Waals surface area contributed by atoms with E-state index in [9.17, 15) is 0 Å². The molecule has 0 aromatic heterocycles. The van der Waals surface area contributed by atoms with Gasteiger partial charge in [0.1, 0.15) is 0 Å². The Morgan fingerprint density at radius 3 is 2.08 bits per heavy atom. The minimum absolute atomic E-state index is 0.352. The van der Waals surface area contributed by atoms with E-state index in [1.165, 1.54) is 87.4 Å². The lowest BCUT2D eigenvalue weighted by Crippen LogP contribution is -2.49. The number of rotatable bonds is 15. The van der Waals surface area contributed by atoms with Crippen molar-refractivity contribution >= 4 is 24.7 Å². The van der Waals surface area contributed by atoms with E-state index < -0.39 is 0 Å². The lowest BCUT2D eigenvalue weighted by molar-refractivity contribution is -0.0596. The first-order valence-electron chi connectivity index (χ1n) is 28.7. The highest BCUT2D eigenvalue weighted by Gasteiger charge is 2.53. The van der Waals surface area contributed by atoms with Gasteiger partial charge in [-0.25, -0.2) is 0 Å². The lowest BCUT2D eigenvalue weighted by Gasteiger charge is -2.56. The normalized spacial score (nSPS) is 45.9. The summed E-state index contributed by atoms with van der Waals surface area (Å²) in [5.41, 5.74) is 0.503. The van der Waals surface area contributed by atoms with Gasteiger partial charge in [0, 0.05) is 3.92 Å². The predicted octanol–water partition coefficient (Wildman–Crippen LogP) is 18.5. The zero-order chi connectivity index (χ0) is 41.8. The second-order valence-electron chi connectivity index (χ2n) is 25.2. The first kappa shape index (κ1) is 47.1. The molecule has 0 spiro atoms. The lowest BCUT2D eigenvalue weighted by atomic mass is 9.50. The van der Waals surface area contributed by atoms with Gasteiger partial charge in [-0.15, -0.1) is 20.7 Å². The molecule has 0 saturated heterocycles. The molecule has 0 aromatic carbocycles. The molecule has 0 nitrogen and oxygen atoms in total. The van der Waals surface area contributed by atoms with Gasteiger partial charge in [0.2, 0.25) is 0 Å². The van der Waals surface area contributed by atoms with Crippen LogP contribution in [-0.4, -0.2) is 7.94 Å². The molecule has 0 aromatic rings. The van der Waals surface area contributed by atoms with Crippen molar-refractivity contribution in [3.8, 4) is 0 Å². The van der Waals surface area contributed by atoms with Crippen molar-refractivity contribution in [2.45, 2.75) is 251 Å². The minimum atomic E-state index is 0.352. The molecule has 1 heterocycles. The van der Waals surface area contributed by atoms with E-state index in [0.29, 0.717) is 26.1 Å². The van der Waals surface area contributed by atoms with Crippen molar-refractivity contribution in [2.75, 3.05) is 0 Å². The van der Waals surface area contributed by atoms with Crippen LogP contribution in [0.5, 0.6) is 0 Å². The Kier molecular flexibility index (Phi) is 17.2. The van der Waals surface area contributed by atoms with E-state index in [2.05, 4.69) is 52.5 Å². The van der Waals surface area contributed by atoms with Gasteiger partial charge in [-0.1, -0.05) is 168 Å². The predicted molar refractivity (Wildman–Crippen MR) is 272 cm³/mol. The second kappa shape index (κ2) is 21.9. The molecule has 346 valence electrons. The number of hydrogen-bond acceptors (Lipinski definition) is 0. The molecular formula is C59H103I. The highest BCUT2D eigenvalue weighted by atomic mass is 127. The van der Waals surface area contributed by atoms with Gasteiger partial charge >= 0.3 is 0 Å². The fourth-order valence-electron chi connectivity index (χ4n) is 19.6. The van der Waals surface area contributed by atoms with Gasteiger partial charge in [-0.2, -0.15) is 0 Å². The quantitative estimate of drug-likeness (QED) is 0.0872. The van der Waals surface area contributed by atoms with Gasteiger partial charge in [0.05, 0.1) is 0 Å². The van der Waals surface area contributed by atoms with E-state index in [1.807, 2.05) is 0 Å². The van der Waals surface area contributed by atoms with Crippen LogP contribution in [0.25, 0.3) is 0 Å². The molecule has 7 fully saturated rings. The zero-order valence-electron chi connectivity index (χ0n) is 41.3. The number of unbranched alkanes of at least 4 members (excludes halogenated alkanes) is 2. The summed E-state index contributed by atoms with van der Waals surface area (Å²) in [5, 5.41) is 0. The largest absolute Gasteiger partial charge is 0.123 e. The van der Waals surface area contributed by atoms with E-state index in [0.717, 1.165) is 107 Å². The average molecular weight is 939 g/mol. The first-order valence-corrected chi connectivity index (χ1v) is 31.2. The monoisotopic (exact) mass is 939 g/mol. The molecule has 0 radical (unpaired) electrons. The van der Waals surface area contributed by atoms with Crippen molar-refractivity contribution < 1.29 is 0 Å². The van der Waals surface area contributed by atoms with Crippen LogP contribution in [0.15, 0.2) is 0 Å². The number of fused-ring (bicyclic) bond motifs is 3. The van der Waals surface area contributed by atoms with Crippen LogP contribution in [0.1, 0.15) is 248 Å². The molecule has 1 heteroatoms. The van der Waals surface area contributed by atoms with Gasteiger partial charge in [0.25, 0.3) is 0 Å². The van der Waals surface area contributed by atoms with E-state index in [4.69, 9.17) is 0 Å². The maximum absolute atomic E-state index is 2.86. The molecule has 0 bridgehead atoms. The van der Waals surface area contributed by atoms with Gasteiger partial charge < -0.3 is 0 Å². The summed E-state index contributed by atoms with van der Waals surface area (Å²) in [5.74, 6) is 18.6. The molecule has 1 aliphatic heterocycles. The van der Waals surface area contributed by atoms with Crippen LogP contribution in [-0.2, 0) is 0 Å². The van der Waals surface area contributed by atoms with Crippen molar-refractivity contribution in [3.63, 3.8) is 0 Å². The third-order valence-corrected chi connectivity index (χ3v) is 26.1. The third kappa shape index (κ3) is 9.98. The zero-order valence-corrected chi connectivity index (χ0v) is 43.5. The van der Waals surface area contributed by atoms with Crippen LogP contribution in [0.4, 0.5) is 0 Å². The Bertz CT molecular complexity index is 1310. The van der Waals surface area contributed by atoms with Crippen LogP contribution in [0.3, 0.4) is 0 Å². The molecule has 7 aliphatic carbocycles. The second-order valence-corrected chi connectivity index (χ2v) is 28.2. The van der Waals surface area contributed by atoms with Crippen LogP contribution in [0.2, 0.25) is 0 Å². The summed E-state index contributed by atoms with van der Waals surface area (Å²) >= 11 is 0.352. The minimum Gasteiger partial charge on any atom is -0.123 e. The van der Waals surface area contributed by atoms with Crippen LogP contribution < -0.4 is 0 Å². The van der Waals surface area contributed by atoms with Gasteiger partial charge in [-0.05, 0) is 195 Å². The van der Waals surface area contributed by atoms with Crippen LogP contribution in [0, 0.1) is 112 Å². The smallest absolute Gasteiger partial charge is 0.0124 e. The maximum atomic E-state index is 2.86.